The average Bonchev–Trinajstić information content (AvgIpc) is 2.90. The van der Waals surface area contributed by atoms with Crippen molar-refractivity contribution in [3.63, 3.8) is 0 Å². The first kappa shape index (κ1) is 15.4. The molecule has 0 atom stereocenters. The van der Waals surface area contributed by atoms with Crippen molar-refractivity contribution in [1.82, 2.24) is 0 Å². The van der Waals surface area contributed by atoms with E-state index in [9.17, 15) is 4.79 Å². The van der Waals surface area contributed by atoms with Crippen molar-refractivity contribution >= 4 is 40.3 Å². The van der Waals surface area contributed by atoms with Crippen LogP contribution in [0, 0.1) is 0 Å². The van der Waals surface area contributed by atoms with E-state index < -0.39 is 0 Å². The predicted octanol–water partition coefficient (Wildman–Crippen LogP) is 5.25. The van der Waals surface area contributed by atoms with E-state index in [1.54, 1.807) is 12.1 Å². The molecule has 0 amide bonds. The molecule has 0 unspecified atom stereocenters. The molecule has 0 aliphatic heterocycles. The maximum absolute atomic E-state index is 12.6. The minimum atomic E-state index is -0.0909. The second-order valence-electron chi connectivity index (χ2n) is 4.15. The summed E-state index contributed by atoms with van der Waals surface area (Å²) in [5.41, 5.74) is 1.44. The largest absolute Gasteiger partial charge is 0.492 e. The Labute approximate surface area is 132 Å². The second kappa shape index (κ2) is 6.61. The monoisotopic (exact) mass is 328 g/mol. The molecule has 0 bridgehead atoms. The van der Waals surface area contributed by atoms with E-state index in [0.717, 1.165) is 16.9 Å². The minimum absolute atomic E-state index is 0.0909. The fourth-order valence-electron chi connectivity index (χ4n) is 1.90. The number of benzene rings is 1. The third kappa shape index (κ3) is 3.00. The van der Waals surface area contributed by atoms with Gasteiger partial charge in [-0.2, -0.15) is 0 Å². The number of ketones is 1. The Morgan fingerprint density at radius 3 is 2.65 bits per heavy atom. The lowest BCUT2D eigenvalue weighted by Crippen LogP contribution is -2.03. The molecule has 2 nitrogen and oxygen atoms in total. The number of hydrogen-bond acceptors (Lipinski definition) is 3. The zero-order valence-electron chi connectivity index (χ0n) is 11.2. The molecule has 0 N–H and O–H groups in total. The van der Waals surface area contributed by atoms with Crippen molar-refractivity contribution in [2.75, 3.05) is 6.61 Å². The highest BCUT2D eigenvalue weighted by atomic mass is 35.5. The first-order valence-corrected chi connectivity index (χ1v) is 7.94. The fraction of sp³-hybridized carbons (Fsp3) is 0.267. The zero-order valence-corrected chi connectivity index (χ0v) is 13.5. The summed E-state index contributed by atoms with van der Waals surface area (Å²) in [6, 6.07) is 5.14. The molecule has 0 aliphatic rings. The van der Waals surface area contributed by atoms with E-state index in [1.165, 1.54) is 11.3 Å². The Kier molecular flexibility index (Phi) is 5.08. The minimum Gasteiger partial charge on any atom is -0.492 e. The summed E-state index contributed by atoms with van der Waals surface area (Å²) in [5.74, 6) is 0.407. The summed E-state index contributed by atoms with van der Waals surface area (Å²) in [6.07, 6.45) is 0.812. The molecule has 0 saturated heterocycles. The van der Waals surface area contributed by atoms with E-state index in [1.807, 2.05) is 25.3 Å². The Hall–Kier alpha value is -1.03. The van der Waals surface area contributed by atoms with Crippen molar-refractivity contribution in [3.8, 4) is 5.75 Å². The van der Waals surface area contributed by atoms with Gasteiger partial charge in [-0.15, -0.1) is 11.3 Å². The van der Waals surface area contributed by atoms with Crippen LogP contribution in [0.4, 0.5) is 0 Å². The van der Waals surface area contributed by atoms with Crippen LogP contribution in [-0.4, -0.2) is 12.4 Å². The molecule has 0 saturated carbocycles. The molecule has 0 radical (unpaired) electrons. The third-order valence-corrected chi connectivity index (χ3v) is 4.46. The molecule has 0 spiro atoms. The summed E-state index contributed by atoms with van der Waals surface area (Å²) in [6.45, 7) is 4.38. The molecular weight excluding hydrogens is 315 g/mol. The lowest BCUT2D eigenvalue weighted by atomic mass is 10.1. The number of hydrogen-bond donors (Lipinski definition) is 0. The normalized spacial score (nSPS) is 10.6. The maximum atomic E-state index is 12.6. The number of thiophene rings is 1. The summed E-state index contributed by atoms with van der Waals surface area (Å²) in [5, 5.41) is 2.67. The smallest absolute Gasteiger partial charge is 0.204 e. The van der Waals surface area contributed by atoms with Crippen LogP contribution in [0.5, 0.6) is 5.75 Å². The van der Waals surface area contributed by atoms with Gasteiger partial charge in [-0.05, 0) is 36.4 Å². The van der Waals surface area contributed by atoms with Gasteiger partial charge < -0.3 is 4.74 Å². The highest BCUT2D eigenvalue weighted by molar-refractivity contribution is 7.12. The quantitative estimate of drug-likeness (QED) is 0.701. The molecule has 0 aliphatic carbocycles. The standard InChI is InChI=1S/C15H14Cl2O2S/c1-3-9-5-6-20-15(9)14(18)10-7-12(17)13(19-4-2)8-11(10)16/h5-8H,3-4H2,1-2H3. The third-order valence-electron chi connectivity index (χ3n) is 2.90. The van der Waals surface area contributed by atoms with E-state index in [-0.39, 0.29) is 5.78 Å². The van der Waals surface area contributed by atoms with Gasteiger partial charge in [0.25, 0.3) is 0 Å². The van der Waals surface area contributed by atoms with Gasteiger partial charge >= 0.3 is 0 Å². The Morgan fingerprint density at radius 2 is 2.00 bits per heavy atom. The van der Waals surface area contributed by atoms with Gasteiger partial charge in [0.1, 0.15) is 5.75 Å². The molecule has 5 heteroatoms. The molecule has 2 aromatic rings. The van der Waals surface area contributed by atoms with E-state index in [2.05, 4.69) is 0 Å². The van der Waals surface area contributed by atoms with Crippen molar-refractivity contribution in [1.29, 1.82) is 0 Å². The van der Waals surface area contributed by atoms with E-state index >= 15 is 0 Å². The van der Waals surface area contributed by atoms with Crippen molar-refractivity contribution < 1.29 is 9.53 Å². The number of ether oxygens (including phenoxy) is 1. The van der Waals surface area contributed by atoms with E-state index in [0.29, 0.717) is 28.0 Å². The van der Waals surface area contributed by atoms with Crippen molar-refractivity contribution in [3.05, 3.63) is 49.6 Å². The van der Waals surface area contributed by atoms with Crippen molar-refractivity contribution in [2.24, 2.45) is 0 Å². The van der Waals surface area contributed by atoms with Gasteiger partial charge in [-0.3, -0.25) is 4.79 Å². The van der Waals surface area contributed by atoms with Crippen LogP contribution in [0.15, 0.2) is 23.6 Å². The van der Waals surface area contributed by atoms with Crippen LogP contribution >= 0.6 is 34.5 Å². The van der Waals surface area contributed by atoms with Gasteiger partial charge in [0, 0.05) is 11.6 Å². The van der Waals surface area contributed by atoms with Crippen LogP contribution in [0.25, 0.3) is 0 Å². The number of carbonyl (C=O) groups is 1. The molecule has 20 heavy (non-hydrogen) atoms. The highest BCUT2D eigenvalue weighted by Crippen LogP contribution is 2.33. The predicted molar refractivity (Wildman–Crippen MR) is 84.8 cm³/mol. The van der Waals surface area contributed by atoms with Gasteiger partial charge in [0.15, 0.2) is 0 Å². The first-order chi connectivity index (χ1) is 9.58. The van der Waals surface area contributed by atoms with Gasteiger partial charge in [0.05, 0.1) is 21.5 Å². The molecule has 1 aromatic carbocycles. The van der Waals surface area contributed by atoms with Gasteiger partial charge in [-0.25, -0.2) is 0 Å². The van der Waals surface area contributed by atoms with Gasteiger partial charge in [0.2, 0.25) is 5.78 Å². The Balaban J connectivity index is 2.43. The number of carbonyl (C=O) groups excluding carboxylic acids is 1. The molecule has 1 aromatic heterocycles. The Bertz CT molecular complexity index is 635. The highest BCUT2D eigenvalue weighted by Gasteiger charge is 2.19. The van der Waals surface area contributed by atoms with Gasteiger partial charge in [-0.1, -0.05) is 30.1 Å². The summed E-state index contributed by atoms with van der Waals surface area (Å²) in [4.78, 5) is 13.3. The molecule has 106 valence electrons. The van der Waals surface area contributed by atoms with Crippen LogP contribution in [0.3, 0.4) is 0 Å². The SMILES string of the molecule is CCOc1cc(Cl)c(C(=O)c2sccc2CC)cc1Cl. The topological polar surface area (TPSA) is 26.3 Å². The second-order valence-corrected chi connectivity index (χ2v) is 5.88. The van der Waals surface area contributed by atoms with E-state index in [4.69, 9.17) is 27.9 Å². The number of aryl methyl sites for hydroxylation is 1. The van der Waals surface area contributed by atoms with Crippen LogP contribution < -0.4 is 4.74 Å². The molecule has 0 fully saturated rings. The Morgan fingerprint density at radius 1 is 1.25 bits per heavy atom. The summed E-state index contributed by atoms with van der Waals surface area (Å²) >= 11 is 13.7. The molecular formula is C15H14Cl2O2S. The zero-order chi connectivity index (χ0) is 14.7. The lowest BCUT2D eigenvalue weighted by Gasteiger charge is -2.09. The fourth-order valence-corrected chi connectivity index (χ4v) is 3.31. The molecule has 1 heterocycles. The summed E-state index contributed by atoms with van der Waals surface area (Å²) in [7, 11) is 0. The summed E-state index contributed by atoms with van der Waals surface area (Å²) < 4.78 is 5.36. The first-order valence-electron chi connectivity index (χ1n) is 6.31. The number of halogens is 2. The molecule has 2 rings (SSSR count). The van der Waals surface area contributed by atoms with Crippen LogP contribution in [0.2, 0.25) is 10.0 Å². The van der Waals surface area contributed by atoms with Crippen LogP contribution in [-0.2, 0) is 6.42 Å². The van der Waals surface area contributed by atoms with Crippen LogP contribution in [0.1, 0.15) is 34.6 Å². The maximum Gasteiger partial charge on any atom is 0.204 e. The average molecular weight is 329 g/mol. The number of rotatable bonds is 5. The lowest BCUT2D eigenvalue weighted by molar-refractivity contribution is 0.104. The van der Waals surface area contributed by atoms with Crippen molar-refractivity contribution in [2.45, 2.75) is 20.3 Å².